The van der Waals surface area contributed by atoms with Gasteiger partial charge in [0.15, 0.2) is 0 Å². The summed E-state index contributed by atoms with van der Waals surface area (Å²) in [6, 6.07) is 4.49. The fourth-order valence-corrected chi connectivity index (χ4v) is 0.971. The number of halogens is 1. The summed E-state index contributed by atoms with van der Waals surface area (Å²) in [5.41, 5.74) is 6.24. The van der Waals surface area contributed by atoms with Gasteiger partial charge in [0.2, 0.25) is 0 Å². The second kappa shape index (κ2) is 4.40. The molecule has 0 bridgehead atoms. The third-order valence-corrected chi connectivity index (χ3v) is 1.60. The van der Waals surface area contributed by atoms with Gasteiger partial charge in [-0.3, -0.25) is 0 Å². The maximum atomic E-state index is 13.1. The van der Waals surface area contributed by atoms with Crippen LogP contribution in [0.4, 0.5) is 10.1 Å². The average Bonchev–Trinajstić information content (AvgIpc) is 2.10. The summed E-state index contributed by atoms with van der Waals surface area (Å²) in [6.45, 7) is 0. The number of rotatable bonds is 3. The average molecular weight is 179 g/mol. The molecule has 0 heterocycles. The maximum absolute atomic E-state index is 13.1. The van der Waals surface area contributed by atoms with E-state index >= 15 is 0 Å². The minimum absolute atomic E-state index is 0.272. The molecule has 0 fully saturated rings. The largest absolute Gasteiger partial charge is 0.398 e. The van der Waals surface area contributed by atoms with E-state index in [0.29, 0.717) is 11.3 Å². The highest BCUT2D eigenvalue weighted by atomic mass is 19.1. The first-order valence-electron chi connectivity index (χ1n) is 3.90. The number of aldehydes is 1. The summed E-state index contributed by atoms with van der Waals surface area (Å²) in [5, 5.41) is 0. The topological polar surface area (TPSA) is 43.1 Å². The van der Waals surface area contributed by atoms with Crippen molar-refractivity contribution in [3.05, 3.63) is 35.7 Å². The van der Waals surface area contributed by atoms with Crippen LogP contribution in [0, 0.1) is 5.82 Å². The Hall–Kier alpha value is -1.64. The summed E-state index contributed by atoms with van der Waals surface area (Å²) < 4.78 is 13.1. The van der Waals surface area contributed by atoms with Crippen molar-refractivity contribution in [3.63, 3.8) is 0 Å². The van der Waals surface area contributed by atoms with Crippen molar-refractivity contribution in [2.24, 2.45) is 0 Å². The lowest BCUT2D eigenvalue weighted by molar-refractivity contribution is -0.107. The van der Waals surface area contributed by atoms with E-state index in [4.69, 9.17) is 5.73 Å². The van der Waals surface area contributed by atoms with Crippen molar-refractivity contribution in [1.29, 1.82) is 0 Å². The SMILES string of the molecule is Nc1cccc(F)c1C=CCC=O. The molecule has 0 unspecified atom stereocenters. The van der Waals surface area contributed by atoms with Crippen LogP contribution in [-0.2, 0) is 4.79 Å². The molecule has 0 aliphatic heterocycles. The standard InChI is InChI=1S/C10H10FNO/c11-9-5-3-6-10(12)8(9)4-1-2-7-13/h1,3-7H,2,12H2. The second-order valence-corrected chi connectivity index (χ2v) is 2.55. The van der Waals surface area contributed by atoms with E-state index in [0.717, 1.165) is 6.29 Å². The minimum atomic E-state index is -0.373. The van der Waals surface area contributed by atoms with Gasteiger partial charge in [-0.05, 0) is 12.1 Å². The Bertz CT molecular complexity index is 313. The Morgan fingerprint density at radius 1 is 1.46 bits per heavy atom. The van der Waals surface area contributed by atoms with Crippen molar-refractivity contribution in [2.45, 2.75) is 6.42 Å². The fraction of sp³-hybridized carbons (Fsp3) is 0.100. The number of benzene rings is 1. The lowest BCUT2D eigenvalue weighted by atomic mass is 10.1. The van der Waals surface area contributed by atoms with Gasteiger partial charge in [0.1, 0.15) is 12.1 Å². The van der Waals surface area contributed by atoms with E-state index in [9.17, 15) is 9.18 Å². The molecule has 0 aliphatic rings. The van der Waals surface area contributed by atoms with Crippen molar-refractivity contribution < 1.29 is 9.18 Å². The van der Waals surface area contributed by atoms with Gasteiger partial charge in [0.05, 0.1) is 0 Å². The highest BCUT2D eigenvalue weighted by Crippen LogP contribution is 2.16. The van der Waals surface area contributed by atoms with Crippen LogP contribution in [-0.4, -0.2) is 6.29 Å². The van der Waals surface area contributed by atoms with Gasteiger partial charge in [0.25, 0.3) is 0 Å². The molecule has 68 valence electrons. The molecule has 0 saturated heterocycles. The molecule has 1 rings (SSSR count). The van der Waals surface area contributed by atoms with Crippen LogP contribution >= 0.6 is 0 Å². The molecular weight excluding hydrogens is 169 g/mol. The second-order valence-electron chi connectivity index (χ2n) is 2.55. The molecule has 1 aromatic carbocycles. The minimum Gasteiger partial charge on any atom is -0.398 e. The van der Waals surface area contributed by atoms with Crippen LogP contribution in [0.25, 0.3) is 6.08 Å². The van der Waals surface area contributed by atoms with Crippen LogP contribution in [0.1, 0.15) is 12.0 Å². The number of nitrogens with two attached hydrogens (primary N) is 1. The summed E-state index contributed by atoms with van der Waals surface area (Å²) >= 11 is 0. The molecule has 13 heavy (non-hydrogen) atoms. The van der Waals surface area contributed by atoms with Crippen LogP contribution < -0.4 is 5.73 Å². The maximum Gasteiger partial charge on any atom is 0.132 e. The molecule has 0 radical (unpaired) electrons. The van der Waals surface area contributed by atoms with Crippen molar-refractivity contribution >= 4 is 18.0 Å². The Morgan fingerprint density at radius 2 is 2.23 bits per heavy atom. The number of nitrogen functional groups attached to an aromatic ring is 1. The Kier molecular flexibility index (Phi) is 3.20. The van der Waals surface area contributed by atoms with Gasteiger partial charge in [-0.25, -0.2) is 4.39 Å². The summed E-state index contributed by atoms with van der Waals surface area (Å²) in [6.07, 6.45) is 4.10. The quantitative estimate of drug-likeness (QED) is 0.569. The molecule has 0 spiro atoms. The van der Waals surface area contributed by atoms with Crippen LogP contribution in [0.2, 0.25) is 0 Å². The molecule has 3 heteroatoms. The zero-order valence-corrected chi connectivity index (χ0v) is 7.03. The van der Waals surface area contributed by atoms with E-state index in [1.165, 1.54) is 12.1 Å². The predicted molar refractivity (Wildman–Crippen MR) is 50.5 cm³/mol. The van der Waals surface area contributed by atoms with Crippen LogP contribution in [0.15, 0.2) is 24.3 Å². The molecule has 0 saturated carbocycles. The number of anilines is 1. The van der Waals surface area contributed by atoms with Crippen molar-refractivity contribution in [2.75, 3.05) is 5.73 Å². The Morgan fingerprint density at radius 3 is 2.85 bits per heavy atom. The summed E-state index contributed by atoms with van der Waals surface area (Å²) in [5.74, 6) is -0.373. The number of allylic oxidation sites excluding steroid dienone is 1. The van der Waals surface area contributed by atoms with Crippen molar-refractivity contribution in [3.8, 4) is 0 Å². The molecule has 0 atom stereocenters. The highest BCUT2D eigenvalue weighted by molar-refractivity contribution is 5.66. The monoisotopic (exact) mass is 179 g/mol. The molecule has 0 aromatic heterocycles. The van der Waals surface area contributed by atoms with E-state index in [2.05, 4.69) is 0 Å². The van der Waals surface area contributed by atoms with Gasteiger partial charge >= 0.3 is 0 Å². The molecule has 0 aliphatic carbocycles. The van der Waals surface area contributed by atoms with Gasteiger partial charge < -0.3 is 10.5 Å². The smallest absolute Gasteiger partial charge is 0.132 e. The van der Waals surface area contributed by atoms with Crippen LogP contribution in [0.3, 0.4) is 0 Å². The lowest BCUT2D eigenvalue weighted by Crippen LogP contribution is -1.91. The number of carbonyl (C=O) groups is 1. The first-order valence-corrected chi connectivity index (χ1v) is 3.90. The number of hydrogen-bond acceptors (Lipinski definition) is 2. The third-order valence-electron chi connectivity index (χ3n) is 1.60. The van der Waals surface area contributed by atoms with Gasteiger partial charge in [-0.15, -0.1) is 0 Å². The fourth-order valence-electron chi connectivity index (χ4n) is 0.971. The molecule has 2 N–H and O–H groups in total. The first kappa shape index (κ1) is 9.45. The lowest BCUT2D eigenvalue weighted by Gasteiger charge is -2.00. The van der Waals surface area contributed by atoms with Gasteiger partial charge in [-0.1, -0.05) is 18.2 Å². The molecule has 0 amide bonds. The molecule has 2 nitrogen and oxygen atoms in total. The Balaban J connectivity index is 2.92. The molecular formula is C10H10FNO. The normalized spacial score (nSPS) is 10.5. The number of hydrogen-bond donors (Lipinski definition) is 1. The third kappa shape index (κ3) is 2.40. The van der Waals surface area contributed by atoms with E-state index in [1.54, 1.807) is 18.2 Å². The van der Waals surface area contributed by atoms with E-state index in [-0.39, 0.29) is 12.2 Å². The summed E-state index contributed by atoms with van der Waals surface area (Å²) in [4.78, 5) is 9.99. The Labute approximate surface area is 75.9 Å². The van der Waals surface area contributed by atoms with Crippen molar-refractivity contribution in [1.82, 2.24) is 0 Å². The van der Waals surface area contributed by atoms with E-state index in [1.807, 2.05) is 0 Å². The molecule has 1 aromatic rings. The highest BCUT2D eigenvalue weighted by Gasteiger charge is 2.00. The summed E-state index contributed by atoms with van der Waals surface area (Å²) in [7, 11) is 0. The first-order chi connectivity index (χ1) is 6.25. The van der Waals surface area contributed by atoms with E-state index < -0.39 is 0 Å². The van der Waals surface area contributed by atoms with Gasteiger partial charge in [-0.2, -0.15) is 0 Å². The zero-order valence-electron chi connectivity index (χ0n) is 7.03. The van der Waals surface area contributed by atoms with Crippen LogP contribution in [0.5, 0.6) is 0 Å². The van der Waals surface area contributed by atoms with Gasteiger partial charge in [0, 0.05) is 17.7 Å². The zero-order chi connectivity index (χ0) is 9.68. The number of carbonyl (C=O) groups excluding carboxylic acids is 1. The predicted octanol–water partition coefficient (Wildman–Crippen LogP) is 2.01.